The normalized spacial score (nSPS) is 11.3. The van der Waals surface area contributed by atoms with Crippen LogP contribution in [0.15, 0.2) is 79.4 Å². The summed E-state index contributed by atoms with van der Waals surface area (Å²) in [7, 11) is 0. The molecule has 0 spiro atoms. The lowest BCUT2D eigenvalue weighted by atomic mass is 10.1. The summed E-state index contributed by atoms with van der Waals surface area (Å²) >= 11 is 0. The molecule has 2 aromatic carbocycles. The van der Waals surface area contributed by atoms with Crippen molar-refractivity contribution in [3.8, 4) is 22.8 Å². The minimum absolute atomic E-state index is 0.634. The van der Waals surface area contributed by atoms with Gasteiger partial charge in [0.05, 0.1) is 0 Å². The monoisotopic (exact) mass is 299 g/mol. The van der Waals surface area contributed by atoms with Crippen LogP contribution >= 0.6 is 0 Å². The Morgan fingerprint density at radius 3 is 1.65 bits per heavy atom. The molecule has 0 bridgehead atoms. The van der Waals surface area contributed by atoms with Crippen molar-refractivity contribution in [2.45, 2.75) is 6.92 Å². The Balaban J connectivity index is 2.21. The van der Waals surface area contributed by atoms with E-state index in [-0.39, 0.29) is 0 Å². The maximum atomic E-state index is 4.64. The van der Waals surface area contributed by atoms with Crippen molar-refractivity contribution in [3.05, 3.63) is 85.2 Å². The Morgan fingerprint density at radius 1 is 0.783 bits per heavy atom. The lowest BCUT2D eigenvalue weighted by Crippen LogP contribution is -2.02. The average molecular weight is 299 g/mol. The van der Waals surface area contributed by atoms with E-state index < -0.39 is 0 Å². The molecular formula is C20H17N3. The standard InChI is InChI=1S/C20H17N3/c1-3-15(4-2)18-21-19(16-11-7-5-8-12-16)23-20(22-18)17-13-9-6-10-14-17/h3-14H,1H2,2H3. The zero-order valence-electron chi connectivity index (χ0n) is 13.0. The van der Waals surface area contributed by atoms with Gasteiger partial charge in [0.1, 0.15) is 0 Å². The molecule has 23 heavy (non-hydrogen) atoms. The van der Waals surface area contributed by atoms with Crippen LogP contribution in [0, 0.1) is 0 Å². The van der Waals surface area contributed by atoms with E-state index in [9.17, 15) is 0 Å². The molecule has 0 fully saturated rings. The van der Waals surface area contributed by atoms with Crippen LogP contribution in [0.2, 0.25) is 0 Å². The Labute approximate surface area is 136 Å². The van der Waals surface area contributed by atoms with Crippen LogP contribution in [0.5, 0.6) is 0 Å². The summed E-state index contributed by atoms with van der Waals surface area (Å²) in [4.78, 5) is 13.9. The molecule has 0 radical (unpaired) electrons. The topological polar surface area (TPSA) is 38.7 Å². The van der Waals surface area contributed by atoms with Crippen LogP contribution in [-0.2, 0) is 0 Å². The first-order valence-corrected chi connectivity index (χ1v) is 7.48. The third-order valence-corrected chi connectivity index (χ3v) is 3.49. The average Bonchev–Trinajstić information content (AvgIpc) is 2.64. The predicted molar refractivity (Wildman–Crippen MR) is 94.5 cm³/mol. The lowest BCUT2D eigenvalue weighted by Gasteiger charge is -2.08. The SMILES string of the molecule is C=CC(=CC)c1nc(-c2ccccc2)nc(-c2ccccc2)n1. The van der Waals surface area contributed by atoms with E-state index in [4.69, 9.17) is 0 Å². The van der Waals surface area contributed by atoms with Crippen LogP contribution in [-0.4, -0.2) is 15.0 Å². The molecule has 3 nitrogen and oxygen atoms in total. The second-order valence-corrected chi connectivity index (χ2v) is 4.99. The highest BCUT2D eigenvalue weighted by atomic mass is 15.0. The fourth-order valence-electron chi connectivity index (χ4n) is 2.28. The van der Waals surface area contributed by atoms with Crippen LogP contribution in [0.3, 0.4) is 0 Å². The number of rotatable bonds is 4. The number of hydrogen-bond acceptors (Lipinski definition) is 3. The highest BCUT2D eigenvalue weighted by Crippen LogP contribution is 2.22. The van der Waals surface area contributed by atoms with Crippen molar-refractivity contribution in [1.82, 2.24) is 15.0 Å². The van der Waals surface area contributed by atoms with E-state index in [1.807, 2.05) is 73.7 Å². The Morgan fingerprint density at radius 2 is 1.26 bits per heavy atom. The summed E-state index contributed by atoms with van der Waals surface area (Å²) in [6.45, 7) is 5.79. The molecule has 3 heteroatoms. The molecular weight excluding hydrogens is 282 g/mol. The molecule has 0 saturated heterocycles. The maximum absolute atomic E-state index is 4.64. The van der Waals surface area contributed by atoms with Gasteiger partial charge < -0.3 is 0 Å². The van der Waals surface area contributed by atoms with Crippen molar-refractivity contribution < 1.29 is 0 Å². The van der Waals surface area contributed by atoms with E-state index in [2.05, 4.69) is 21.5 Å². The van der Waals surface area contributed by atoms with Crippen molar-refractivity contribution >= 4 is 5.57 Å². The van der Waals surface area contributed by atoms with Gasteiger partial charge in [-0.2, -0.15) is 0 Å². The quantitative estimate of drug-likeness (QED) is 0.650. The van der Waals surface area contributed by atoms with E-state index >= 15 is 0 Å². The van der Waals surface area contributed by atoms with Crippen LogP contribution in [0.4, 0.5) is 0 Å². The molecule has 0 aliphatic carbocycles. The van der Waals surface area contributed by atoms with Crippen molar-refractivity contribution in [3.63, 3.8) is 0 Å². The summed E-state index contributed by atoms with van der Waals surface area (Å²) in [5.41, 5.74) is 2.82. The maximum Gasteiger partial charge on any atom is 0.164 e. The fourth-order valence-corrected chi connectivity index (χ4v) is 2.28. The van der Waals surface area contributed by atoms with Gasteiger partial charge >= 0.3 is 0 Å². The lowest BCUT2D eigenvalue weighted by molar-refractivity contribution is 1.04. The number of nitrogens with zero attached hydrogens (tertiary/aromatic N) is 3. The molecule has 112 valence electrons. The van der Waals surface area contributed by atoms with Crippen molar-refractivity contribution in [1.29, 1.82) is 0 Å². The highest BCUT2D eigenvalue weighted by molar-refractivity contribution is 5.71. The molecule has 1 aromatic heterocycles. The van der Waals surface area contributed by atoms with E-state index in [0.29, 0.717) is 17.5 Å². The Hall–Kier alpha value is -3.07. The minimum Gasteiger partial charge on any atom is -0.208 e. The molecule has 3 aromatic rings. The summed E-state index contributed by atoms with van der Waals surface area (Å²) in [5, 5.41) is 0. The number of aromatic nitrogens is 3. The van der Waals surface area contributed by atoms with Gasteiger partial charge in [0.2, 0.25) is 0 Å². The smallest absolute Gasteiger partial charge is 0.164 e. The summed E-state index contributed by atoms with van der Waals surface area (Å²) < 4.78 is 0. The van der Waals surface area contributed by atoms with Crippen LogP contribution in [0.25, 0.3) is 28.3 Å². The number of hydrogen-bond donors (Lipinski definition) is 0. The fraction of sp³-hybridized carbons (Fsp3) is 0.0500. The second kappa shape index (κ2) is 6.79. The Bertz CT molecular complexity index is 780. The molecule has 0 unspecified atom stereocenters. The molecule has 0 amide bonds. The summed E-state index contributed by atoms with van der Waals surface area (Å²) in [6, 6.07) is 19.9. The van der Waals surface area contributed by atoms with Crippen molar-refractivity contribution in [2.75, 3.05) is 0 Å². The molecule has 0 saturated carbocycles. The second-order valence-electron chi connectivity index (χ2n) is 4.99. The van der Waals surface area contributed by atoms with Crippen LogP contribution in [0.1, 0.15) is 12.7 Å². The van der Waals surface area contributed by atoms with Gasteiger partial charge in [0, 0.05) is 16.7 Å². The molecule has 0 aliphatic heterocycles. The molecule has 0 atom stereocenters. The van der Waals surface area contributed by atoms with Gasteiger partial charge in [0.15, 0.2) is 17.5 Å². The van der Waals surface area contributed by atoms with Crippen molar-refractivity contribution in [2.24, 2.45) is 0 Å². The van der Waals surface area contributed by atoms with E-state index in [1.165, 1.54) is 0 Å². The van der Waals surface area contributed by atoms with Gasteiger partial charge in [-0.25, -0.2) is 15.0 Å². The largest absolute Gasteiger partial charge is 0.208 e. The first-order chi connectivity index (χ1) is 11.3. The summed E-state index contributed by atoms with van der Waals surface area (Å²) in [6.07, 6.45) is 3.71. The minimum atomic E-state index is 0.634. The van der Waals surface area contributed by atoms with Gasteiger partial charge in [-0.05, 0) is 6.92 Å². The third-order valence-electron chi connectivity index (χ3n) is 3.49. The Kier molecular flexibility index (Phi) is 4.39. The third kappa shape index (κ3) is 3.24. The zero-order chi connectivity index (χ0) is 16.1. The first kappa shape index (κ1) is 14.9. The van der Waals surface area contributed by atoms with Gasteiger partial charge in [0.25, 0.3) is 0 Å². The molecule has 0 aliphatic rings. The molecule has 3 rings (SSSR count). The van der Waals surface area contributed by atoms with Gasteiger partial charge in [-0.1, -0.05) is 79.4 Å². The number of benzene rings is 2. The number of allylic oxidation sites excluding steroid dienone is 3. The van der Waals surface area contributed by atoms with E-state index in [0.717, 1.165) is 16.7 Å². The predicted octanol–water partition coefficient (Wildman–Crippen LogP) is 4.79. The van der Waals surface area contributed by atoms with Gasteiger partial charge in [-0.3, -0.25) is 0 Å². The van der Waals surface area contributed by atoms with Gasteiger partial charge in [-0.15, -0.1) is 0 Å². The molecule has 1 heterocycles. The molecule has 0 N–H and O–H groups in total. The zero-order valence-corrected chi connectivity index (χ0v) is 13.0. The highest BCUT2D eigenvalue weighted by Gasteiger charge is 2.11. The van der Waals surface area contributed by atoms with E-state index in [1.54, 1.807) is 6.08 Å². The summed E-state index contributed by atoms with van der Waals surface area (Å²) in [5.74, 6) is 1.96. The first-order valence-electron chi connectivity index (χ1n) is 7.48. The van der Waals surface area contributed by atoms with Crippen LogP contribution < -0.4 is 0 Å².